The smallest absolute Gasteiger partial charge is 0.335 e. The number of para-hydroxylation sites is 1. The number of hydrogen-bond donors (Lipinski definition) is 1. The van der Waals surface area contributed by atoms with Gasteiger partial charge in [0.25, 0.3) is 11.8 Å². The van der Waals surface area contributed by atoms with Crippen LogP contribution in [0.1, 0.15) is 11.1 Å². The molecule has 1 saturated heterocycles. The zero-order valence-electron chi connectivity index (χ0n) is 16.8. The molecule has 1 aliphatic rings. The molecule has 0 atom stereocenters. The fourth-order valence-electron chi connectivity index (χ4n) is 3.17. The lowest BCUT2D eigenvalue weighted by atomic mass is 10.1. The Hall–Kier alpha value is -3.68. The molecule has 0 spiro atoms. The predicted octanol–water partition coefficient (Wildman–Crippen LogP) is 5.38. The SMILES string of the molecule is O=C1NC(=O)N(c2ccccc2Cl)C(=O)/C1=C/c1cc(Cl)ccc1OCc1ccc(F)cc1. The number of carbonyl (C=O) groups is 3. The second kappa shape index (κ2) is 9.44. The van der Waals surface area contributed by atoms with Gasteiger partial charge >= 0.3 is 6.03 Å². The fourth-order valence-corrected chi connectivity index (χ4v) is 3.57. The van der Waals surface area contributed by atoms with Crippen molar-refractivity contribution in [3.8, 4) is 5.75 Å². The highest BCUT2D eigenvalue weighted by molar-refractivity contribution is 6.42. The Morgan fingerprint density at radius 1 is 0.970 bits per heavy atom. The summed E-state index contributed by atoms with van der Waals surface area (Å²) >= 11 is 12.3. The average Bonchev–Trinajstić information content (AvgIpc) is 2.78. The van der Waals surface area contributed by atoms with E-state index in [1.54, 1.807) is 36.4 Å². The van der Waals surface area contributed by atoms with Gasteiger partial charge < -0.3 is 4.74 Å². The molecule has 3 aromatic rings. The molecule has 166 valence electrons. The van der Waals surface area contributed by atoms with Crippen LogP contribution in [-0.4, -0.2) is 17.8 Å². The largest absolute Gasteiger partial charge is 0.488 e. The van der Waals surface area contributed by atoms with Crippen LogP contribution < -0.4 is 15.0 Å². The van der Waals surface area contributed by atoms with Crippen LogP contribution in [0.5, 0.6) is 5.75 Å². The Balaban J connectivity index is 1.68. The molecule has 4 amide bonds. The maximum Gasteiger partial charge on any atom is 0.335 e. The van der Waals surface area contributed by atoms with E-state index in [1.165, 1.54) is 36.4 Å². The van der Waals surface area contributed by atoms with Gasteiger partial charge in [0, 0.05) is 10.6 Å². The van der Waals surface area contributed by atoms with Gasteiger partial charge in [-0.2, -0.15) is 0 Å². The van der Waals surface area contributed by atoms with Crippen LogP contribution in [0.25, 0.3) is 6.08 Å². The van der Waals surface area contributed by atoms with E-state index < -0.39 is 17.8 Å². The van der Waals surface area contributed by atoms with E-state index >= 15 is 0 Å². The molecule has 0 radical (unpaired) electrons. The molecule has 1 aliphatic heterocycles. The standard InChI is InChI=1S/C24H15Cl2FN2O4/c25-16-7-10-21(33-13-14-5-8-17(27)9-6-14)15(11-16)12-18-22(30)28-24(32)29(23(18)31)20-4-2-1-3-19(20)26/h1-12H,13H2,(H,28,30,32)/b18-12+. The first-order valence-corrected chi connectivity index (χ1v) is 10.4. The zero-order valence-corrected chi connectivity index (χ0v) is 18.4. The lowest BCUT2D eigenvalue weighted by molar-refractivity contribution is -0.122. The number of amides is 4. The monoisotopic (exact) mass is 484 g/mol. The highest BCUT2D eigenvalue weighted by Gasteiger charge is 2.37. The molecule has 0 aliphatic carbocycles. The van der Waals surface area contributed by atoms with Gasteiger partial charge in [0.15, 0.2) is 0 Å². The number of carbonyl (C=O) groups excluding carboxylic acids is 3. The van der Waals surface area contributed by atoms with Crippen LogP contribution in [0, 0.1) is 5.82 Å². The predicted molar refractivity (Wildman–Crippen MR) is 123 cm³/mol. The van der Waals surface area contributed by atoms with Crippen molar-refractivity contribution in [3.05, 3.63) is 99.3 Å². The Kier molecular flexibility index (Phi) is 6.44. The topological polar surface area (TPSA) is 75.7 Å². The van der Waals surface area contributed by atoms with Crippen molar-refractivity contribution in [2.75, 3.05) is 4.90 Å². The van der Waals surface area contributed by atoms with Crippen LogP contribution in [0.3, 0.4) is 0 Å². The number of anilines is 1. The van der Waals surface area contributed by atoms with Crippen molar-refractivity contribution in [3.63, 3.8) is 0 Å². The van der Waals surface area contributed by atoms with Crippen molar-refractivity contribution < 1.29 is 23.5 Å². The first-order chi connectivity index (χ1) is 15.8. The highest BCUT2D eigenvalue weighted by atomic mass is 35.5. The molecule has 0 bridgehead atoms. The molecule has 4 rings (SSSR count). The van der Waals surface area contributed by atoms with Crippen molar-refractivity contribution in [2.45, 2.75) is 6.61 Å². The highest BCUT2D eigenvalue weighted by Crippen LogP contribution is 2.31. The first kappa shape index (κ1) is 22.5. The molecule has 1 fully saturated rings. The lowest BCUT2D eigenvalue weighted by Gasteiger charge is -2.27. The second-order valence-electron chi connectivity index (χ2n) is 7.01. The summed E-state index contributed by atoms with van der Waals surface area (Å²) in [5, 5.41) is 2.66. The number of barbiturate groups is 1. The van der Waals surface area contributed by atoms with Gasteiger partial charge in [-0.25, -0.2) is 14.1 Å². The molecule has 6 nitrogen and oxygen atoms in total. The number of benzene rings is 3. The van der Waals surface area contributed by atoms with Gasteiger partial charge in [0.1, 0.15) is 23.7 Å². The third-order valence-corrected chi connectivity index (χ3v) is 5.33. The quantitative estimate of drug-likeness (QED) is 0.389. The van der Waals surface area contributed by atoms with Crippen molar-refractivity contribution in [1.82, 2.24) is 5.32 Å². The van der Waals surface area contributed by atoms with Gasteiger partial charge in [-0.1, -0.05) is 47.5 Å². The number of imide groups is 2. The molecule has 0 saturated carbocycles. The molecule has 0 aromatic heterocycles. The summed E-state index contributed by atoms with van der Waals surface area (Å²) in [6, 6.07) is 15.8. The van der Waals surface area contributed by atoms with E-state index in [0.717, 1.165) is 4.90 Å². The number of nitrogens with zero attached hydrogens (tertiary/aromatic N) is 1. The molecule has 0 unspecified atom stereocenters. The van der Waals surface area contributed by atoms with E-state index in [4.69, 9.17) is 27.9 Å². The Labute approximate surface area is 198 Å². The molecule has 9 heteroatoms. The fraction of sp³-hybridized carbons (Fsp3) is 0.0417. The average molecular weight is 485 g/mol. The second-order valence-corrected chi connectivity index (χ2v) is 7.85. The van der Waals surface area contributed by atoms with Crippen LogP contribution in [0.2, 0.25) is 10.0 Å². The molecule has 3 aromatic carbocycles. The molecule has 33 heavy (non-hydrogen) atoms. The maximum absolute atomic E-state index is 13.1. The summed E-state index contributed by atoms with van der Waals surface area (Å²) in [7, 11) is 0. The summed E-state index contributed by atoms with van der Waals surface area (Å²) in [6.45, 7) is 0.114. The number of hydrogen-bond acceptors (Lipinski definition) is 4. The lowest BCUT2D eigenvalue weighted by Crippen LogP contribution is -2.54. The molecular formula is C24H15Cl2FN2O4. The van der Waals surface area contributed by atoms with Crippen molar-refractivity contribution in [2.24, 2.45) is 0 Å². The summed E-state index contributed by atoms with van der Waals surface area (Å²) in [5.74, 6) is -1.74. The molecule has 1 N–H and O–H groups in total. The van der Waals surface area contributed by atoms with E-state index in [1.807, 2.05) is 0 Å². The minimum absolute atomic E-state index is 0.114. The summed E-state index contributed by atoms with van der Waals surface area (Å²) in [4.78, 5) is 38.8. The van der Waals surface area contributed by atoms with Crippen LogP contribution in [0.4, 0.5) is 14.9 Å². The first-order valence-electron chi connectivity index (χ1n) is 9.66. The van der Waals surface area contributed by atoms with Crippen LogP contribution >= 0.6 is 23.2 Å². The summed E-state index contributed by atoms with van der Waals surface area (Å²) in [5.41, 5.74) is 0.894. The Morgan fingerprint density at radius 3 is 2.42 bits per heavy atom. The number of ether oxygens (including phenoxy) is 1. The minimum Gasteiger partial charge on any atom is -0.488 e. The van der Waals surface area contributed by atoms with Gasteiger partial charge in [-0.15, -0.1) is 0 Å². The Bertz CT molecular complexity index is 1290. The number of halogens is 3. The van der Waals surface area contributed by atoms with Crippen LogP contribution in [0.15, 0.2) is 72.3 Å². The molecular weight excluding hydrogens is 470 g/mol. The number of nitrogens with one attached hydrogen (secondary N) is 1. The Morgan fingerprint density at radius 2 is 1.70 bits per heavy atom. The zero-order chi connectivity index (χ0) is 23.5. The maximum atomic E-state index is 13.1. The van der Waals surface area contributed by atoms with Gasteiger partial charge in [-0.3, -0.25) is 14.9 Å². The minimum atomic E-state index is -0.908. The van der Waals surface area contributed by atoms with Crippen molar-refractivity contribution in [1.29, 1.82) is 0 Å². The number of rotatable bonds is 5. The summed E-state index contributed by atoms with van der Waals surface area (Å²) in [6.07, 6.45) is 1.29. The number of urea groups is 1. The van der Waals surface area contributed by atoms with Crippen LogP contribution in [-0.2, 0) is 16.2 Å². The van der Waals surface area contributed by atoms with Crippen molar-refractivity contribution >= 4 is 52.8 Å². The normalized spacial score (nSPS) is 15.1. The van der Waals surface area contributed by atoms with E-state index in [9.17, 15) is 18.8 Å². The summed E-state index contributed by atoms with van der Waals surface area (Å²) < 4.78 is 18.9. The van der Waals surface area contributed by atoms with Gasteiger partial charge in [-0.05, 0) is 54.1 Å². The van der Waals surface area contributed by atoms with E-state index in [0.29, 0.717) is 21.9 Å². The third-order valence-electron chi connectivity index (χ3n) is 4.77. The molecule has 1 heterocycles. The van der Waals surface area contributed by atoms with Gasteiger partial charge in [0.2, 0.25) is 0 Å². The van der Waals surface area contributed by atoms with E-state index in [2.05, 4.69) is 5.32 Å². The van der Waals surface area contributed by atoms with Gasteiger partial charge in [0.05, 0.1) is 10.7 Å². The van der Waals surface area contributed by atoms with E-state index in [-0.39, 0.29) is 28.7 Å². The third kappa shape index (κ3) is 4.89.